The van der Waals surface area contributed by atoms with E-state index >= 15 is 0 Å². The summed E-state index contributed by atoms with van der Waals surface area (Å²) in [5.74, 6) is -0.654. The van der Waals surface area contributed by atoms with Crippen molar-refractivity contribution in [3.05, 3.63) is 0 Å². The van der Waals surface area contributed by atoms with Crippen LogP contribution in [0.3, 0.4) is 0 Å². The zero-order valence-corrected chi connectivity index (χ0v) is 36.5. The fourth-order valence-corrected chi connectivity index (χ4v) is 6.74. The molecule has 3 unspecified atom stereocenters. The standard InChI is InChI=1S/C45H84O9/c1-37-25-22-28-43(4,5)52-34-20-14-11-17-32-50-41(47)39(3)27-24-30-45(8,9)54-36-21-15-12-18-33-51-42(48)38(2)26-23-29-44(6,7)53-35-19-13-10-16-31-49-40(37)46/h37-39H,10-36H2,1-9H3. The summed E-state index contributed by atoms with van der Waals surface area (Å²) >= 11 is 0. The summed E-state index contributed by atoms with van der Waals surface area (Å²) in [7, 11) is 0. The Kier molecular flexibility index (Phi) is 26.7. The number of carbonyl (C=O) groups excluding carboxylic acids is 3. The molecule has 9 heteroatoms. The second kappa shape index (κ2) is 28.6. The van der Waals surface area contributed by atoms with E-state index in [2.05, 4.69) is 41.5 Å². The van der Waals surface area contributed by atoms with Gasteiger partial charge in [-0.05, 0) is 157 Å². The van der Waals surface area contributed by atoms with Gasteiger partial charge in [-0.1, -0.05) is 40.0 Å². The van der Waals surface area contributed by atoms with Gasteiger partial charge in [-0.3, -0.25) is 14.4 Å². The third-order valence-electron chi connectivity index (χ3n) is 10.8. The summed E-state index contributed by atoms with van der Waals surface area (Å²) in [6, 6.07) is 0. The van der Waals surface area contributed by atoms with Gasteiger partial charge in [0.15, 0.2) is 0 Å². The minimum atomic E-state index is -0.226. The summed E-state index contributed by atoms with van der Waals surface area (Å²) in [5.41, 5.74) is -0.679. The lowest BCUT2D eigenvalue weighted by Gasteiger charge is -2.26. The first kappa shape index (κ1) is 50.3. The van der Waals surface area contributed by atoms with E-state index in [0.29, 0.717) is 39.6 Å². The molecule has 0 aliphatic carbocycles. The molecule has 0 aromatic heterocycles. The molecule has 1 rings (SSSR count). The van der Waals surface area contributed by atoms with Crippen molar-refractivity contribution in [2.45, 2.75) is 214 Å². The van der Waals surface area contributed by atoms with Crippen LogP contribution in [0.5, 0.6) is 0 Å². The minimum absolute atomic E-state index is 0.105. The van der Waals surface area contributed by atoms with Gasteiger partial charge in [0.2, 0.25) is 0 Å². The van der Waals surface area contributed by atoms with Crippen LogP contribution in [0.4, 0.5) is 0 Å². The van der Waals surface area contributed by atoms with Crippen molar-refractivity contribution in [1.29, 1.82) is 0 Å². The summed E-state index contributed by atoms with van der Waals surface area (Å²) in [6.45, 7) is 22.2. The van der Waals surface area contributed by atoms with Crippen molar-refractivity contribution < 1.29 is 42.8 Å². The fraction of sp³-hybridized carbons (Fsp3) is 0.933. The van der Waals surface area contributed by atoms with Crippen LogP contribution in [0.2, 0.25) is 0 Å². The maximum atomic E-state index is 12.5. The van der Waals surface area contributed by atoms with Crippen molar-refractivity contribution in [3.8, 4) is 0 Å². The first-order chi connectivity index (χ1) is 25.5. The number of ether oxygens (including phenoxy) is 6. The molecule has 1 fully saturated rings. The molecule has 9 nitrogen and oxygen atoms in total. The smallest absolute Gasteiger partial charge is 0.308 e. The number of esters is 3. The predicted molar refractivity (Wildman–Crippen MR) is 217 cm³/mol. The van der Waals surface area contributed by atoms with Crippen molar-refractivity contribution >= 4 is 17.9 Å². The van der Waals surface area contributed by atoms with Crippen LogP contribution in [0.1, 0.15) is 197 Å². The van der Waals surface area contributed by atoms with E-state index in [0.717, 1.165) is 135 Å². The van der Waals surface area contributed by atoms with Gasteiger partial charge in [-0.2, -0.15) is 0 Å². The highest BCUT2D eigenvalue weighted by molar-refractivity contribution is 5.72. The molecular formula is C45H84O9. The van der Waals surface area contributed by atoms with Crippen molar-refractivity contribution in [1.82, 2.24) is 0 Å². The molecule has 0 aromatic carbocycles. The molecule has 0 spiro atoms. The summed E-state index contributed by atoms with van der Waals surface area (Å²) in [4.78, 5) is 37.6. The third kappa shape index (κ3) is 27.0. The third-order valence-corrected chi connectivity index (χ3v) is 10.8. The van der Waals surface area contributed by atoms with E-state index in [1.54, 1.807) is 0 Å². The van der Waals surface area contributed by atoms with Crippen LogP contribution in [0.15, 0.2) is 0 Å². The molecule has 0 radical (unpaired) electrons. The molecule has 1 aliphatic heterocycles. The molecule has 0 amide bonds. The van der Waals surface area contributed by atoms with Gasteiger partial charge in [0.25, 0.3) is 0 Å². The Morgan fingerprint density at radius 2 is 0.574 bits per heavy atom. The molecular weight excluding hydrogens is 684 g/mol. The van der Waals surface area contributed by atoms with Crippen molar-refractivity contribution in [2.24, 2.45) is 17.8 Å². The van der Waals surface area contributed by atoms with Crippen LogP contribution in [-0.2, 0) is 42.8 Å². The lowest BCUT2D eigenvalue weighted by Crippen LogP contribution is -2.26. The highest BCUT2D eigenvalue weighted by atomic mass is 16.5. The highest BCUT2D eigenvalue weighted by Gasteiger charge is 2.23. The van der Waals surface area contributed by atoms with E-state index in [9.17, 15) is 14.4 Å². The quantitative estimate of drug-likeness (QED) is 0.176. The molecule has 54 heavy (non-hydrogen) atoms. The van der Waals surface area contributed by atoms with Gasteiger partial charge in [0.05, 0.1) is 54.4 Å². The lowest BCUT2D eigenvalue weighted by molar-refractivity contribution is -0.149. The second-order valence-electron chi connectivity index (χ2n) is 17.9. The largest absolute Gasteiger partial charge is 0.465 e. The number of hydrogen-bond donors (Lipinski definition) is 0. The Balaban J connectivity index is 2.51. The molecule has 1 aliphatic rings. The normalized spacial score (nSPS) is 28.2. The van der Waals surface area contributed by atoms with Gasteiger partial charge in [0, 0.05) is 19.8 Å². The molecule has 3 atom stereocenters. The first-order valence-electron chi connectivity index (χ1n) is 22.0. The lowest BCUT2D eigenvalue weighted by atomic mass is 9.96. The maximum absolute atomic E-state index is 12.5. The van der Waals surface area contributed by atoms with Crippen molar-refractivity contribution in [2.75, 3.05) is 39.6 Å². The average molecular weight is 769 g/mol. The Hall–Kier alpha value is -1.71. The van der Waals surface area contributed by atoms with E-state index in [1.165, 1.54) is 0 Å². The van der Waals surface area contributed by atoms with E-state index in [-0.39, 0.29) is 52.5 Å². The monoisotopic (exact) mass is 769 g/mol. The van der Waals surface area contributed by atoms with Crippen LogP contribution in [-0.4, -0.2) is 74.4 Å². The number of hydrogen-bond acceptors (Lipinski definition) is 9. The highest BCUT2D eigenvalue weighted by Crippen LogP contribution is 2.24. The summed E-state index contributed by atoms with van der Waals surface area (Å²) in [6.07, 6.45) is 19.6. The SMILES string of the molecule is CC1CCCC(C)(C)OCCCCCCOC(=O)C(C)CCCC(C)(C)OCCCCCCOC(=O)C(C)CCCC(C)(C)OCCCCCCOC1=O. The topological polar surface area (TPSA) is 107 Å². The Morgan fingerprint density at radius 1 is 0.352 bits per heavy atom. The van der Waals surface area contributed by atoms with Crippen LogP contribution < -0.4 is 0 Å². The molecule has 0 saturated carbocycles. The zero-order chi connectivity index (χ0) is 40.3. The Bertz CT molecular complexity index is 868. The van der Waals surface area contributed by atoms with Gasteiger partial charge >= 0.3 is 17.9 Å². The van der Waals surface area contributed by atoms with Crippen molar-refractivity contribution in [3.63, 3.8) is 0 Å². The first-order valence-corrected chi connectivity index (χ1v) is 22.0. The molecule has 0 bridgehead atoms. The maximum Gasteiger partial charge on any atom is 0.308 e. The number of cyclic esters (lactones) is 3. The van der Waals surface area contributed by atoms with Gasteiger partial charge in [0.1, 0.15) is 0 Å². The Morgan fingerprint density at radius 3 is 0.815 bits per heavy atom. The molecule has 1 saturated heterocycles. The second-order valence-corrected chi connectivity index (χ2v) is 17.9. The number of rotatable bonds is 0. The fourth-order valence-electron chi connectivity index (χ4n) is 6.74. The molecule has 1 heterocycles. The number of carbonyl (C=O) groups is 3. The van der Waals surface area contributed by atoms with Crippen LogP contribution in [0.25, 0.3) is 0 Å². The Labute approximate surface area is 331 Å². The van der Waals surface area contributed by atoms with Crippen LogP contribution >= 0.6 is 0 Å². The van der Waals surface area contributed by atoms with E-state index in [1.807, 2.05) is 20.8 Å². The van der Waals surface area contributed by atoms with E-state index < -0.39 is 0 Å². The van der Waals surface area contributed by atoms with Gasteiger partial charge in [-0.25, -0.2) is 0 Å². The molecule has 0 N–H and O–H groups in total. The molecule has 0 aromatic rings. The molecule has 318 valence electrons. The zero-order valence-electron chi connectivity index (χ0n) is 36.5. The predicted octanol–water partition coefficient (Wildman–Crippen LogP) is 11.1. The van der Waals surface area contributed by atoms with Gasteiger partial charge < -0.3 is 28.4 Å². The summed E-state index contributed by atoms with van der Waals surface area (Å²) in [5, 5.41) is 0. The van der Waals surface area contributed by atoms with Crippen LogP contribution in [0, 0.1) is 17.8 Å². The minimum Gasteiger partial charge on any atom is -0.465 e. The van der Waals surface area contributed by atoms with E-state index in [4.69, 9.17) is 28.4 Å². The summed E-state index contributed by atoms with van der Waals surface area (Å²) < 4.78 is 35.3. The average Bonchev–Trinajstić information content (AvgIpc) is 3.10. The van der Waals surface area contributed by atoms with Gasteiger partial charge in [-0.15, -0.1) is 0 Å².